The lowest BCUT2D eigenvalue weighted by Crippen LogP contribution is -2.34. The van der Waals surface area contributed by atoms with Crippen molar-refractivity contribution in [1.82, 2.24) is 9.97 Å². The number of aromatic nitrogens is 2. The summed E-state index contributed by atoms with van der Waals surface area (Å²) in [6.45, 7) is 3.93. The molecular formula is C18H22N4O3S. The molecule has 1 aliphatic rings. The van der Waals surface area contributed by atoms with E-state index in [0.717, 1.165) is 16.8 Å². The first-order valence-corrected chi connectivity index (χ1v) is 10.2. The number of hydrogen-bond acceptors (Lipinski definition) is 6. The molecule has 1 aromatic carbocycles. The maximum absolute atomic E-state index is 12.5. The van der Waals surface area contributed by atoms with Crippen LogP contribution < -0.4 is 10.2 Å². The van der Waals surface area contributed by atoms with E-state index in [2.05, 4.69) is 15.3 Å². The van der Waals surface area contributed by atoms with E-state index >= 15 is 0 Å². The van der Waals surface area contributed by atoms with E-state index < -0.39 is 9.84 Å². The van der Waals surface area contributed by atoms with E-state index in [1.807, 2.05) is 32.0 Å². The summed E-state index contributed by atoms with van der Waals surface area (Å²) in [4.78, 5) is 22.8. The summed E-state index contributed by atoms with van der Waals surface area (Å²) in [6, 6.07) is 7.16. The molecule has 26 heavy (non-hydrogen) atoms. The minimum absolute atomic E-state index is 0.0891. The smallest absolute Gasteiger partial charge is 0.274 e. The number of carbonyl (C=O) groups excluding carboxylic acids is 1. The molecule has 1 N–H and O–H groups in total. The molecule has 8 heteroatoms. The highest BCUT2D eigenvalue weighted by Crippen LogP contribution is 2.21. The second kappa shape index (κ2) is 7.03. The molecule has 0 aliphatic carbocycles. The highest BCUT2D eigenvalue weighted by molar-refractivity contribution is 7.91. The van der Waals surface area contributed by atoms with Gasteiger partial charge in [0.25, 0.3) is 5.91 Å². The van der Waals surface area contributed by atoms with Crippen LogP contribution in [0.5, 0.6) is 0 Å². The first kappa shape index (κ1) is 18.3. The van der Waals surface area contributed by atoms with Crippen molar-refractivity contribution in [2.24, 2.45) is 0 Å². The first-order chi connectivity index (χ1) is 12.2. The summed E-state index contributed by atoms with van der Waals surface area (Å²) >= 11 is 0. The lowest BCUT2D eigenvalue weighted by atomic mass is 10.1. The molecular weight excluding hydrogens is 352 g/mol. The highest BCUT2D eigenvalue weighted by Gasteiger charge is 2.31. The maximum atomic E-state index is 12.5. The summed E-state index contributed by atoms with van der Waals surface area (Å²) in [7, 11) is -1.24. The zero-order valence-corrected chi connectivity index (χ0v) is 15.9. The Morgan fingerprint density at radius 2 is 2.04 bits per heavy atom. The average Bonchev–Trinajstić information content (AvgIpc) is 2.96. The Balaban J connectivity index is 1.77. The summed E-state index contributed by atoms with van der Waals surface area (Å²) < 4.78 is 23.4. The molecule has 1 amide bonds. The lowest BCUT2D eigenvalue weighted by Gasteiger charge is -2.23. The van der Waals surface area contributed by atoms with Crippen LogP contribution in [0, 0.1) is 13.8 Å². The molecule has 1 atom stereocenters. The largest absolute Gasteiger partial charge is 0.340 e. The zero-order chi connectivity index (χ0) is 18.9. The molecule has 0 saturated carbocycles. The molecule has 7 nitrogen and oxygen atoms in total. The Kier molecular flexibility index (Phi) is 4.95. The first-order valence-electron chi connectivity index (χ1n) is 8.40. The summed E-state index contributed by atoms with van der Waals surface area (Å²) in [6.07, 6.45) is 2.06. The molecule has 2 heterocycles. The number of amides is 1. The molecule has 1 aromatic heterocycles. The normalized spacial score (nSPS) is 18.5. The fourth-order valence-corrected chi connectivity index (χ4v) is 4.80. The lowest BCUT2D eigenvalue weighted by molar-refractivity contribution is 0.102. The van der Waals surface area contributed by atoms with E-state index in [1.54, 1.807) is 18.0 Å². The Hall–Kier alpha value is -2.48. The molecule has 0 spiro atoms. The molecule has 1 saturated heterocycles. The Morgan fingerprint density at radius 3 is 2.69 bits per heavy atom. The van der Waals surface area contributed by atoms with Crippen molar-refractivity contribution >= 4 is 27.4 Å². The third-order valence-corrected chi connectivity index (χ3v) is 6.33. The van der Waals surface area contributed by atoms with Crippen molar-refractivity contribution in [1.29, 1.82) is 0 Å². The van der Waals surface area contributed by atoms with Gasteiger partial charge in [0.05, 0.1) is 11.5 Å². The monoisotopic (exact) mass is 374 g/mol. The van der Waals surface area contributed by atoms with Crippen molar-refractivity contribution in [3.8, 4) is 0 Å². The van der Waals surface area contributed by atoms with Gasteiger partial charge < -0.3 is 10.2 Å². The number of carbonyl (C=O) groups is 1. The van der Waals surface area contributed by atoms with Gasteiger partial charge in [-0.3, -0.25) is 4.79 Å². The van der Waals surface area contributed by atoms with Crippen molar-refractivity contribution in [2.45, 2.75) is 26.3 Å². The van der Waals surface area contributed by atoms with Gasteiger partial charge in [0.2, 0.25) is 5.95 Å². The van der Waals surface area contributed by atoms with Crippen molar-refractivity contribution in [2.75, 3.05) is 28.8 Å². The molecule has 1 unspecified atom stereocenters. The van der Waals surface area contributed by atoms with Gasteiger partial charge in [0, 0.05) is 25.0 Å². The molecule has 2 aromatic rings. The van der Waals surface area contributed by atoms with Crippen LogP contribution in [0.2, 0.25) is 0 Å². The Morgan fingerprint density at radius 1 is 1.27 bits per heavy atom. The summed E-state index contributed by atoms with van der Waals surface area (Å²) in [5.74, 6) is 0.286. The third kappa shape index (κ3) is 4.01. The molecule has 138 valence electrons. The number of rotatable bonds is 4. The van der Waals surface area contributed by atoms with E-state index in [0.29, 0.717) is 12.4 Å². The van der Waals surface area contributed by atoms with E-state index in [-0.39, 0.29) is 29.1 Å². The minimum Gasteiger partial charge on any atom is -0.340 e. The predicted octanol–water partition coefficient (Wildman–Crippen LogP) is 1.97. The van der Waals surface area contributed by atoms with Gasteiger partial charge in [-0.1, -0.05) is 17.7 Å². The summed E-state index contributed by atoms with van der Waals surface area (Å²) in [5.41, 5.74) is 3.07. The van der Waals surface area contributed by atoms with Gasteiger partial charge in [-0.05, 0) is 38.0 Å². The van der Waals surface area contributed by atoms with Gasteiger partial charge in [0.15, 0.2) is 9.84 Å². The number of nitrogens with one attached hydrogen (secondary N) is 1. The van der Waals surface area contributed by atoms with Crippen LogP contribution in [-0.4, -0.2) is 48.9 Å². The molecule has 1 aliphatic heterocycles. The predicted molar refractivity (Wildman–Crippen MR) is 101 cm³/mol. The topological polar surface area (TPSA) is 92.3 Å². The maximum Gasteiger partial charge on any atom is 0.274 e. The van der Waals surface area contributed by atoms with Gasteiger partial charge in [-0.25, -0.2) is 18.4 Å². The van der Waals surface area contributed by atoms with Crippen LogP contribution in [0.1, 0.15) is 28.0 Å². The molecule has 1 fully saturated rings. The van der Waals surface area contributed by atoms with Gasteiger partial charge in [0.1, 0.15) is 5.69 Å². The Bertz CT molecular complexity index is 943. The van der Waals surface area contributed by atoms with Gasteiger partial charge >= 0.3 is 0 Å². The number of benzene rings is 1. The van der Waals surface area contributed by atoms with Crippen molar-refractivity contribution in [3.05, 3.63) is 47.3 Å². The number of anilines is 2. The van der Waals surface area contributed by atoms with Crippen molar-refractivity contribution in [3.63, 3.8) is 0 Å². The van der Waals surface area contributed by atoms with E-state index in [4.69, 9.17) is 0 Å². The number of sulfone groups is 1. The van der Waals surface area contributed by atoms with Crippen LogP contribution in [-0.2, 0) is 9.84 Å². The quantitative estimate of drug-likeness (QED) is 0.880. The number of hydrogen-bond donors (Lipinski definition) is 1. The zero-order valence-electron chi connectivity index (χ0n) is 15.1. The fourth-order valence-electron chi connectivity index (χ4n) is 3.03. The second-order valence-corrected chi connectivity index (χ2v) is 8.91. The standard InChI is InChI=1S/C18H22N4O3S/c1-12-4-5-15(13(2)10-12)20-17(23)16-6-8-19-18(21-16)22(3)14-7-9-26(24,25)11-14/h4-6,8,10,14H,7,9,11H2,1-3H3,(H,20,23). The van der Waals surface area contributed by atoms with Crippen LogP contribution in [0.15, 0.2) is 30.5 Å². The average molecular weight is 374 g/mol. The second-order valence-electron chi connectivity index (χ2n) is 6.68. The van der Waals surface area contributed by atoms with Crippen LogP contribution in [0.3, 0.4) is 0 Å². The van der Waals surface area contributed by atoms with Gasteiger partial charge in [-0.15, -0.1) is 0 Å². The fraction of sp³-hybridized carbons (Fsp3) is 0.389. The molecule has 0 bridgehead atoms. The minimum atomic E-state index is -3.00. The van der Waals surface area contributed by atoms with Crippen LogP contribution >= 0.6 is 0 Å². The van der Waals surface area contributed by atoms with Crippen molar-refractivity contribution < 1.29 is 13.2 Å². The van der Waals surface area contributed by atoms with Crippen LogP contribution in [0.4, 0.5) is 11.6 Å². The molecule has 3 rings (SSSR count). The van der Waals surface area contributed by atoms with E-state index in [9.17, 15) is 13.2 Å². The SMILES string of the molecule is Cc1ccc(NC(=O)c2ccnc(N(C)C3CCS(=O)(=O)C3)n2)c(C)c1. The molecule has 0 radical (unpaired) electrons. The number of nitrogens with zero attached hydrogens (tertiary/aromatic N) is 3. The Labute approximate surface area is 153 Å². The number of aryl methyl sites for hydroxylation is 2. The summed E-state index contributed by atoms with van der Waals surface area (Å²) in [5, 5.41) is 2.86. The highest BCUT2D eigenvalue weighted by atomic mass is 32.2. The third-order valence-electron chi connectivity index (χ3n) is 4.58. The van der Waals surface area contributed by atoms with Gasteiger partial charge in [-0.2, -0.15) is 0 Å². The van der Waals surface area contributed by atoms with Crippen LogP contribution in [0.25, 0.3) is 0 Å². The van der Waals surface area contributed by atoms with E-state index in [1.165, 1.54) is 6.20 Å².